The lowest BCUT2D eigenvalue weighted by Gasteiger charge is -2.04. The number of terminal acetylenes is 1. The number of H-pyrrole nitrogens is 1. The fourth-order valence-corrected chi connectivity index (χ4v) is 4.50. The van der Waals surface area contributed by atoms with Crippen molar-refractivity contribution >= 4 is 18.1 Å². The van der Waals surface area contributed by atoms with Crippen LogP contribution >= 0.6 is 0 Å². The summed E-state index contributed by atoms with van der Waals surface area (Å²) in [7, 11) is 0. The fraction of sp³-hybridized carbons (Fsp3) is 0.150. The van der Waals surface area contributed by atoms with Crippen molar-refractivity contribution in [2.24, 2.45) is 0 Å². The Bertz CT molecular complexity index is 2120. The highest BCUT2D eigenvalue weighted by atomic mass is 19.1. The van der Waals surface area contributed by atoms with E-state index >= 15 is 0 Å². The van der Waals surface area contributed by atoms with Gasteiger partial charge in [-0.15, -0.1) is 11.5 Å². The summed E-state index contributed by atoms with van der Waals surface area (Å²) < 4.78 is 39.4. The number of carbonyl (C=O) groups is 2. The molecule has 10 nitrogen and oxygen atoms in total. The standard InChI is InChI=1S/C20H18FN3O2.C14H10FN3.C6H8O2/c1-14(2)26-19(25)10-11-24-13-22-20(23-24)16-8-9-17(18(21)12-16)15-6-4-3-5-7-15;15-13-8-11(14-16-9-17-18-14)6-7-12(13)10-4-2-1-3-5-10;1-4-6(7)8-5(2)3/h3-14H,1-2H3;1-9H,(H,16,17,18);1,5H,2-3H3/b11-10-;;. The maximum Gasteiger partial charge on any atom is 0.384 e. The van der Waals surface area contributed by atoms with Crippen LogP contribution in [0.2, 0.25) is 0 Å². The van der Waals surface area contributed by atoms with Gasteiger partial charge in [0, 0.05) is 40.5 Å². The van der Waals surface area contributed by atoms with Crippen LogP contribution in [0.25, 0.3) is 51.2 Å². The summed E-state index contributed by atoms with van der Waals surface area (Å²) in [5.74, 6) is 1.09. The van der Waals surface area contributed by atoms with Crippen molar-refractivity contribution in [3.63, 3.8) is 0 Å². The summed E-state index contributed by atoms with van der Waals surface area (Å²) in [5.41, 5.74) is 4.01. The quantitative estimate of drug-likeness (QED) is 0.0732. The van der Waals surface area contributed by atoms with Crippen LogP contribution in [0.5, 0.6) is 0 Å². The van der Waals surface area contributed by atoms with Crippen molar-refractivity contribution in [3.8, 4) is 57.4 Å². The van der Waals surface area contributed by atoms with Crippen molar-refractivity contribution in [2.75, 3.05) is 0 Å². The molecular formula is C40H36F2N6O4. The number of aromatic amines is 1. The van der Waals surface area contributed by atoms with Gasteiger partial charge in [-0.05, 0) is 51.0 Å². The molecule has 0 saturated heterocycles. The number of aromatic nitrogens is 6. The number of hydrogen-bond acceptors (Lipinski definition) is 8. The molecule has 0 aliphatic heterocycles. The number of nitrogens with zero attached hydrogens (tertiary/aromatic N) is 5. The van der Waals surface area contributed by atoms with E-state index in [2.05, 4.69) is 30.0 Å². The molecule has 2 aromatic heterocycles. The monoisotopic (exact) mass is 702 g/mol. The van der Waals surface area contributed by atoms with E-state index in [0.717, 1.165) is 11.1 Å². The van der Waals surface area contributed by atoms with E-state index in [0.29, 0.717) is 33.9 Å². The summed E-state index contributed by atoms with van der Waals surface area (Å²) >= 11 is 0. The normalized spacial score (nSPS) is 10.5. The number of rotatable bonds is 8. The molecule has 4 aromatic carbocycles. The average Bonchev–Trinajstić information content (AvgIpc) is 3.85. The fourth-order valence-electron chi connectivity index (χ4n) is 4.50. The van der Waals surface area contributed by atoms with E-state index in [1.165, 1.54) is 41.7 Å². The molecule has 0 spiro atoms. The SMILES string of the molecule is C#CC(=O)OC(C)C.CC(C)OC(=O)/C=C\n1cnc(-c2ccc(-c3ccccc3)c(F)c2)n1.Fc1cc(-c2ncn[nH]2)ccc1-c1ccccc1. The van der Waals surface area contributed by atoms with Gasteiger partial charge in [0.05, 0.1) is 12.2 Å². The number of hydrogen-bond donors (Lipinski definition) is 1. The maximum absolute atomic E-state index is 14.5. The topological polar surface area (TPSA) is 125 Å². The lowest BCUT2D eigenvalue weighted by atomic mass is 10.0. The van der Waals surface area contributed by atoms with Crippen molar-refractivity contribution < 1.29 is 27.8 Å². The van der Waals surface area contributed by atoms with Crippen LogP contribution in [0.4, 0.5) is 8.78 Å². The Morgan fingerprint density at radius 3 is 1.81 bits per heavy atom. The Hall–Kier alpha value is -6.74. The predicted octanol–water partition coefficient (Wildman–Crippen LogP) is 8.02. The molecule has 0 amide bonds. The molecule has 0 saturated carbocycles. The second kappa shape index (κ2) is 18.9. The van der Waals surface area contributed by atoms with Gasteiger partial charge in [0.15, 0.2) is 11.6 Å². The van der Waals surface area contributed by atoms with E-state index in [4.69, 9.17) is 11.2 Å². The van der Waals surface area contributed by atoms with Crippen molar-refractivity contribution in [1.29, 1.82) is 0 Å². The number of nitrogens with one attached hydrogen (secondary N) is 1. The molecular weight excluding hydrogens is 666 g/mol. The van der Waals surface area contributed by atoms with Gasteiger partial charge in [-0.25, -0.2) is 33.0 Å². The Balaban J connectivity index is 0.000000201. The lowest BCUT2D eigenvalue weighted by molar-refractivity contribution is -0.141. The second-order valence-electron chi connectivity index (χ2n) is 11.4. The average molecular weight is 703 g/mol. The molecule has 0 radical (unpaired) electrons. The Morgan fingerprint density at radius 1 is 0.769 bits per heavy atom. The number of carbonyl (C=O) groups excluding carboxylic acids is 2. The Morgan fingerprint density at radius 2 is 1.33 bits per heavy atom. The minimum absolute atomic E-state index is 0.112. The number of esters is 2. The molecule has 2 heterocycles. The molecule has 0 bridgehead atoms. The molecule has 0 aliphatic carbocycles. The lowest BCUT2D eigenvalue weighted by Crippen LogP contribution is -2.08. The third kappa shape index (κ3) is 11.4. The van der Waals surface area contributed by atoms with Gasteiger partial charge in [-0.2, -0.15) is 5.10 Å². The van der Waals surface area contributed by atoms with Crippen LogP contribution in [0.15, 0.2) is 116 Å². The van der Waals surface area contributed by atoms with E-state index in [1.807, 2.05) is 72.7 Å². The minimum atomic E-state index is -0.597. The Labute approximate surface area is 300 Å². The van der Waals surface area contributed by atoms with Gasteiger partial charge in [-0.3, -0.25) is 5.10 Å². The molecule has 0 aliphatic rings. The summed E-state index contributed by atoms with van der Waals surface area (Å²) in [4.78, 5) is 29.8. The van der Waals surface area contributed by atoms with Crippen LogP contribution in [0, 0.1) is 24.0 Å². The zero-order chi connectivity index (χ0) is 37.5. The summed E-state index contributed by atoms with van der Waals surface area (Å²) in [5, 5.41) is 10.7. The highest BCUT2D eigenvalue weighted by molar-refractivity contribution is 5.87. The zero-order valence-corrected chi connectivity index (χ0v) is 28.9. The molecule has 1 N–H and O–H groups in total. The van der Waals surface area contributed by atoms with Crippen molar-refractivity contribution in [1.82, 2.24) is 29.9 Å². The minimum Gasteiger partial charge on any atom is -0.460 e. The van der Waals surface area contributed by atoms with Gasteiger partial charge < -0.3 is 9.47 Å². The third-order valence-corrected chi connectivity index (χ3v) is 6.74. The van der Waals surface area contributed by atoms with Crippen LogP contribution in [0.3, 0.4) is 0 Å². The highest BCUT2D eigenvalue weighted by Gasteiger charge is 2.11. The van der Waals surface area contributed by atoms with Crippen LogP contribution < -0.4 is 0 Å². The summed E-state index contributed by atoms with van der Waals surface area (Å²) in [6.07, 6.45) is 9.94. The van der Waals surface area contributed by atoms with Gasteiger partial charge >= 0.3 is 11.9 Å². The number of halogens is 2. The molecule has 0 fully saturated rings. The number of ether oxygens (including phenoxy) is 2. The zero-order valence-electron chi connectivity index (χ0n) is 28.9. The summed E-state index contributed by atoms with van der Waals surface area (Å²) in [6.45, 7) is 7.03. The van der Waals surface area contributed by atoms with Gasteiger partial charge in [0.25, 0.3) is 0 Å². The molecule has 0 unspecified atom stereocenters. The molecule has 264 valence electrons. The first kappa shape index (κ1) is 38.1. The van der Waals surface area contributed by atoms with E-state index in [-0.39, 0.29) is 23.8 Å². The molecule has 12 heteroatoms. The smallest absolute Gasteiger partial charge is 0.384 e. The second-order valence-corrected chi connectivity index (χ2v) is 11.4. The highest BCUT2D eigenvalue weighted by Crippen LogP contribution is 2.27. The van der Waals surface area contributed by atoms with Crippen molar-refractivity contribution in [2.45, 2.75) is 39.9 Å². The third-order valence-electron chi connectivity index (χ3n) is 6.74. The van der Waals surface area contributed by atoms with Crippen LogP contribution in [-0.4, -0.2) is 54.1 Å². The van der Waals surface area contributed by atoms with Gasteiger partial charge in [-0.1, -0.05) is 84.9 Å². The van der Waals surface area contributed by atoms with E-state index in [1.54, 1.807) is 45.9 Å². The molecule has 6 rings (SSSR count). The first-order valence-corrected chi connectivity index (χ1v) is 16.1. The Kier molecular flexibility index (Phi) is 13.8. The molecule has 0 atom stereocenters. The summed E-state index contributed by atoms with van der Waals surface area (Å²) in [6, 6.07) is 28.7. The predicted molar refractivity (Wildman–Crippen MR) is 195 cm³/mol. The molecule has 52 heavy (non-hydrogen) atoms. The van der Waals surface area contributed by atoms with Gasteiger partial charge in [0.2, 0.25) is 0 Å². The first-order chi connectivity index (χ1) is 25.0. The van der Waals surface area contributed by atoms with Crippen molar-refractivity contribution in [3.05, 3.63) is 127 Å². The van der Waals surface area contributed by atoms with Crippen LogP contribution in [-0.2, 0) is 19.1 Å². The largest absolute Gasteiger partial charge is 0.460 e. The maximum atomic E-state index is 14.5. The van der Waals surface area contributed by atoms with Crippen LogP contribution in [0.1, 0.15) is 27.7 Å². The molecule has 6 aromatic rings. The first-order valence-electron chi connectivity index (χ1n) is 16.1. The van der Waals surface area contributed by atoms with Gasteiger partial charge in [0.1, 0.15) is 24.3 Å². The van der Waals surface area contributed by atoms with E-state index in [9.17, 15) is 18.4 Å². The van der Waals surface area contributed by atoms with E-state index < -0.39 is 11.9 Å². The number of benzene rings is 4.